The summed E-state index contributed by atoms with van der Waals surface area (Å²) in [6, 6.07) is 20.6. The molecule has 0 saturated carbocycles. The molecule has 36 heavy (non-hydrogen) atoms. The summed E-state index contributed by atoms with van der Waals surface area (Å²) < 4.78 is 10.7. The van der Waals surface area contributed by atoms with E-state index in [4.69, 9.17) is 9.47 Å². The summed E-state index contributed by atoms with van der Waals surface area (Å²) in [6.45, 7) is 0.450. The van der Waals surface area contributed by atoms with Crippen LogP contribution in [0.5, 0.6) is 11.5 Å². The second-order valence-corrected chi connectivity index (χ2v) is 9.22. The Balaban J connectivity index is 1.29. The lowest BCUT2D eigenvalue weighted by Crippen LogP contribution is -2.52. The Morgan fingerprint density at radius 3 is 2.64 bits per heavy atom. The van der Waals surface area contributed by atoms with Crippen molar-refractivity contribution < 1.29 is 19.1 Å². The first kappa shape index (κ1) is 22.2. The van der Waals surface area contributed by atoms with E-state index >= 15 is 0 Å². The van der Waals surface area contributed by atoms with E-state index in [1.807, 2.05) is 60.7 Å². The van der Waals surface area contributed by atoms with Gasteiger partial charge in [-0.15, -0.1) is 0 Å². The number of para-hydroxylation sites is 1. The maximum Gasteiger partial charge on any atom is 0.255 e. The predicted octanol–water partition coefficient (Wildman–Crippen LogP) is 4.01. The van der Waals surface area contributed by atoms with Crippen molar-refractivity contribution in [2.24, 2.45) is 0 Å². The van der Waals surface area contributed by atoms with Gasteiger partial charge in [0.25, 0.3) is 5.91 Å². The Morgan fingerprint density at radius 2 is 1.81 bits per heavy atom. The summed E-state index contributed by atoms with van der Waals surface area (Å²) in [5.41, 5.74) is 5.77. The molecule has 182 valence electrons. The number of methoxy groups -OCH3 is 2. The number of carbonyl (C=O) groups is 2. The van der Waals surface area contributed by atoms with E-state index < -0.39 is 6.04 Å². The first-order chi connectivity index (χ1) is 17.6. The Labute approximate surface area is 209 Å². The quantitative estimate of drug-likeness (QED) is 0.436. The standard InChI is InChI=1S/C29H27N3O4/c1-35-24-12-11-17(15-25(24)36-2)13-14-30-28(33)23-16-21-18-7-5-6-10-22(18)31-26(21)27-19-8-3-4-9-20(19)29(34)32(23)27/h3-12,15,23,27,31H,13-14,16H2,1-2H3,(H,30,33)/t23-,27?/m0/s1. The third-order valence-electron chi connectivity index (χ3n) is 7.32. The first-order valence-corrected chi connectivity index (χ1v) is 12.1. The van der Waals surface area contributed by atoms with Gasteiger partial charge in [0, 0.05) is 35.1 Å². The molecular weight excluding hydrogens is 454 g/mol. The van der Waals surface area contributed by atoms with Gasteiger partial charge in [0.1, 0.15) is 6.04 Å². The smallest absolute Gasteiger partial charge is 0.255 e. The highest BCUT2D eigenvalue weighted by Gasteiger charge is 2.48. The molecule has 3 heterocycles. The number of hydrogen-bond acceptors (Lipinski definition) is 4. The lowest BCUT2D eigenvalue weighted by molar-refractivity contribution is -0.126. The van der Waals surface area contributed by atoms with E-state index in [9.17, 15) is 9.59 Å². The van der Waals surface area contributed by atoms with Crippen LogP contribution in [0.15, 0.2) is 66.7 Å². The fourth-order valence-corrected chi connectivity index (χ4v) is 5.62. The zero-order valence-electron chi connectivity index (χ0n) is 20.2. The van der Waals surface area contributed by atoms with Crippen molar-refractivity contribution in [2.75, 3.05) is 20.8 Å². The van der Waals surface area contributed by atoms with Gasteiger partial charge in [-0.25, -0.2) is 0 Å². The highest BCUT2D eigenvalue weighted by molar-refractivity contribution is 6.03. The van der Waals surface area contributed by atoms with Crippen LogP contribution in [-0.4, -0.2) is 48.5 Å². The summed E-state index contributed by atoms with van der Waals surface area (Å²) in [6.07, 6.45) is 1.10. The van der Waals surface area contributed by atoms with Crippen molar-refractivity contribution in [2.45, 2.75) is 24.9 Å². The fraction of sp³-hybridized carbons (Fsp3) is 0.241. The Bertz CT molecular complexity index is 1490. The van der Waals surface area contributed by atoms with Crippen molar-refractivity contribution >= 4 is 22.7 Å². The molecule has 0 radical (unpaired) electrons. The van der Waals surface area contributed by atoms with E-state index in [1.165, 1.54) is 0 Å². The predicted molar refractivity (Wildman–Crippen MR) is 137 cm³/mol. The summed E-state index contributed by atoms with van der Waals surface area (Å²) in [4.78, 5) is 32.4. The van der Waals surface area contributed by atoms with Crippen LogP contribution in [0, 0.1) is 0 Å². The lowest BCUT2D eigenvalue weighted by atomic mass is 9.90. The Hall–Kier alpha value is -4.26. The van der Waals surface area contributed by atoms with Crippen LogP contribution < -0.4 is 14.8 Å². The van der Waals surface area contributed by atoms with Gasteiger partial charge in [0.05, 0.1) is 20.3 Å². The normalized spacial score (nSPS) is 17.9. The summed E-state index contributed by atoms with van der Waals surface area (Å²) in [5, 5.41) is 4.19. The minimum atomic E-state index is -0.591. The number of aromatic nitrogens is 1. The van der Waals surface area contributed by atoms with E-state index in [-0.39, 0.29) is 17.9 Å². The minimum absolute atomic E-state index is 0.0973. The molecule has 0 bridgehead atoms. The molecule has 2 atom stereocenters. The number of benzene rings is 3. The van der Waals surface area contributed by atoms with Gasteiger partial charge in [-0.1, -0.05) is 42.5 Å². The molecule has 1 aromatic heterocycles. The molecule has 4 aromatic rings. The monoisotopic (exact) mass is 481 g/mol. The molecule has 3 aromatic carbocycles. The number of amides is 2. The van der Waals surface area contributed by atoms with Crippen LogP contribution in [-0.2, 0) is 17.6 Å². The van der Waals surface area contributed by atoms with Crippen LogP contribution in [0.2, 0.25) is 0 Å². The first-order valence-electron chi connectivity index (χ1n) is 12.1. The SMILES string of the molecule is COc1ccc(CCNC(=O)[C@@H]2Cc3c([nH]c4ccccc34)C3c4ccccc4C(=O)N32)cc1OC. The van der Waals surface area contributed by atoms with Crippen LogP contribution in [0.4, 0.5) is 0 Å². The fourth-order valence-electron chi connectivity index (χ4n) is 5.62. The highest BCUT2D eigenvalue weighted by atomic mass is 16.5. The number of carbonyl (C=O) groups excluding carboxylic acids is 2. The molecule has 2 aliphatic heterocycles. The average Bonchev–Trinajstić information content (AvgIpc) is 3.43. The van der Waals surface area contributed by atoms with E-state index in [1.54, 1.807) is 19.1 Å². The zero-order chi connectivity index (χ0) is 24.8. The molecule has 0 fully saturated rings. The number of nitrogens with one attached hydrogen (secondary N) is 2. The third-order valence-corrected chi connectivity index (χ3v) is 7.32. The van der Waals surface area contributed by atoms with E-state index in [0.717, 1.165) is 33.3 Å². The second kappa shape index (κ2) is 8.75. The Kier molecular flexibility index (Phi) is 5.40. The van der Waals surface area contributed by atoms with Gasteiger partial charge in [0.2, 0.25) is 5.91 Å². The molecule has 0 aliphatic carbocycles. The zero-order valence-corrected chi connectivity index (χ0v) is 20.2. The summed E-state index contributed by atoms with van der Waals surface area (Å²) in [7, 11) is 3.21. The molecule has 0 spiro atoms. The van der Waals surface area contributed by atoms with Crippen molar-refractivity contribution in [1.29, 1.82) is 0 Å². The topological polar surface area (TPSA) is 83.7 Å². The van der Waals surface area contributed by atoms with Crippen molar-refractivity contribution in [3.05, 3.63) is 94.7 Å². The number of rotatable bonds is 6. The number of H-pyrrole nitrogens is 1. The number of fused-ring (bicyclic) bond motifs is 7. The molecular formula is C29H27N3O4. The summed E-state index contributed by atoms with van der Waals surface area (Å²) >= 11 is 0. The maximum atomic E-state index is 13.6. The van der Waals surface area contributed by atoms with Crippen molar-refractivity contribution in [3.8, 4) is 11.5 Å². The minimum Gasteiger partial charge on any atom is -0.493 e. The van der Waals surface area contributed by atoms with Crippen LogP contribution in [0.3, 0.4) is 0 Å². The molecule has 6 rings (SSSR count). The van der Waals surface area contributed by atoms with Crippen LogP contribution in [0.1, 0.15) is 38.8 Å². The molecule has 2 aliphatic rings. The van der Waals surface area contributed by atoms with Gasteiger partial charge in [-0.3, -0.25) is 9.59 Å². The van der Waals surface area contributed by atoms with Crippen molar-refractivity contribution in [3.63, 3.8) is 0 Å². The van der Waals surface area contributed by atoms with E-state index in [0.29, 0.717) is 36.4 Å². The van der Waals surface area contributed by atoms with Crippen LogP contribution >= 0.6 is 0 Å². The molecule has 1 unspecified atom stereocenters. The number of nitrogens with zero attached hydrogens (tertiary/aromatic N) is 1. The summed E-state index contributed by atoms with van der Waals surface area (Å²) in [5.74, 6) is 1.08. The largest absolute Gasteiger partial charge is 0.493 e. The highest BCUT2D eigenvalue weighted by Crippen LogP contribution is 2.46. The van der Waals surface area contributed by atoms with Crippen LogP contribution in [0.25, 0.3) is 10.9 Å². The number of aromatic amines is 1. The lowest BCUT2D eigenvalue weighted by Gasteiger charge is -2.37. The second-order valence-electron chi connectivity index (χ2n) is 9.22. The van der Waals surface area contributed by atoms with Gasteiger partial charge >= 0.3 is 0 Å². The molecule has 2 amide bonds. The average molecular weight is 482 g/mol. The molecule has 7 nitrogen and oxygen atoms in total. The number of ether oxygens (including phenoxy) is 2. The number of hydrogen-bond donors (Lipinski definition) is 2. The van der Waals surface area contributed by atoms with Gasteiger partial charge < -0.3 is 24.7 Å². The third kappa shape index (κ3) is 3.42. The van der Waals surface area contributed by atoms with E-state index in [2.05, 4.69) is 16.4 Å². The van der Waals surface area contributed by atoms with Gasteiger partial charge in [-0.2, -0.15) is 0 Å². The maximum absolute atomic E-state index is 13.6. The van der Waals surface area contributed by atoms with Crippen molar-refractivity contribution in [1.82, 2.24) is 15.2 Å². The molecule has 7 heteroatoms. The molecule has 2 N–H and O–H groups in total. The van der Waals surface area contributed by atoms with Gasteiger partial charge in [0.15, 0.2) is 11.5 Å². The Morgan fingerprint density at radius 1 is 1.03 bits per heavy atom. The van der Waals surface area contributed by atoms with Gasteiger partial charge in [-0.05, 0) is 47.4 Å². The molecule has 0 saturated heterocycles.